The van der Waals surface area contributed by atoms with Crippen molar-refractivity contribution in [2.24, 2.45) is 0 Å². The second-order valence-electron chi connectivity index (χ2n) is 3.59. The summed E-state index contributed by atoms with van der Waals surface area (Å²) < 4.78 is 6.21. The van der Waals surface area contributed by atoms with Crippen LogP contribution in [0.3, 0.4) is 0 Å². The van der Waals surface area contributed by atoms with E-state index in [9.17, 15) is 0 Å². The molecule has 90 valence electrons. The van der Waals surface area contributed by atoms with Crippen molar-refractivity contribution in [2.75, 3.05) is 12.4 Å². The Labute approximate surface area is 113 Å². The molecule has 1 unspecified atom stereocenters. The van der Waals surface area contributed by atoms with E-state index in [2.05, 4.69) is 33.2 Å². The number of benzene rings is 1. The maximum atomic E-state index is 5.26. The van der Waals surface area contributed by atoms with E-state index in [4.69, 9.17) is 4.74 Å². The predicted molar refractivity (Wildman–Crippen MR) is 74.8 cm³/mol. The van der Waals surface area contributed by atoms with E-state index in [0.717, 1.165) is 20.9 Å². The Morgan fingerprint density at radius 1 is 1.47 bits per heavy atom. The van der Waals surface area contributed by atoms with Crippen LogP contribution in [0.25, 0.3) is 0 Å². The average Bonchev–Trinajstić information content (AvgIpc) is 2.85. The van der Waals surface area contributed by atoms with Gasteiger partial charge in [-0.2, -0.15) is 0 Å². The fourth-order valence-corrected chi connectivity index (χ4v) is 2.56. The molecule has 0 aliphatic heterocycles. The van der Waals surface area contributed by atoms with E-state index < -0.39 is 0 Å². The highest BCUT2D eigenvalue weighted by atomic mass is 79.9. The van der Waals surface area contributed by atoms with Crippen molar-refractivity contribution in [3.05, 3.63) is 39.3 Å². The molecule has 1 aromatic heterocycles. The molecule has 1 heterocycles. The normalized spacial score (nSPS) is 12.2. The van der Waals surface area contributed by atoms with Crippen LogP contribution in [0.2, 0.25) is 0 Å². The van der Waals surface area contributed by atoms with Crippen LogP contribution in [0.1, 0.15) is 18.0 Å². The van der Waals surface area contributed by atoms with Crippen LogP contribution >= 0.6 is 27.3 Å². The molecule has 0 spiro atoms. The van der Waals surface area contributed by atoms with Gasteiger partial charge in [0.25, 0.3) is 0 Å². The highest BCUT2D eigenvalue weighted by molar-refractivity contribution is 9.10. The number of rotatable bonds is 4. The largest absolute Gasteiger partial charge is 0.495 e. The van der Waals surface area contributed by atoms with Crippen molar-refractivity contribution in [3.8, 4) is 5.75 Å². The van der Waals surface area contributed by atoms with Crippen LogP contribution in [-0.4, -0.2) is 12.1 Å². The third-order valence-corrected chi connectivity index (χ3v) is 3.97. The molecule has 0 aliphatic carbocycles. The molecule has 1 N–H and O–H groups in total. The number of thiazole rings is 1. The molecule has 0 amide bonds. The quantitative estimate of drug-likeness (QED) is 0.923. The minimum Gasteiger partial charge on any atom is -0.495 e. The van der Waals surface area contributed by atoms with Crippen LogP contribution in [0.4, 0.5) is 5.69 Å². The first-order chi connectivity index (χ1) is 8.20. The zero-order chi connectivity index (χ0) is 12.3. The number of nitrogens with zero attached hydrogens (tertiary/aromatic N) is 1. The average molecular weight is 313 g/mol. The second-order valence-corrected chi connectivity index (χ2v) is 5.37. The topological polar surface area (TPSA) is 34.1 Å². The molecule has 1 aromatic carbocycles. The van der Waals surface area contributed by atoms with E-state index in [1.165, 1.54) is 0 Å². The highest BCUT2D eigenvalue weighted by Crippen LogP contribution is 2.29. The van der Waals surface area contributed by atoms with Gasteiger partial charge in [-0.05, 0) is 35.0 Å². The lowest BCUT2D eigenvalue weighted by Gasteiger charge is -2.14. The van der Waals surface area contributed by atoms with Crippen LogP contribution in [0.15, 0.2) is 34.2 Å². The number of anilines is 1. The number of methoxy groups -OCH3 is 1. The van der Waals surface area contributed by atoms with E-state index in [1.807, 2.05) is 29.8 Å². The Morgan fingerprint density at radius 2 is 2.29 bits per heavy atom. The van der Waals surface area contributed by atoms with Crippen molar-refractivity contribution >= 4 is 33.0 Å². The van der Waals surface area contributed by atoms with E-state index >= 15 is 0 Å². The number of nitrogens with one attached hydrogen (secondary N) is 1. The smallest absolute Gasteiger partial charge is 0.135 e. The van der Waals surface area contributed by atoms with Crippen molar-refractivity contribution in [1.82, 2.24) is 4.98 Å². The molecule has 17 heavy (non-hydrogen) atoms. The molecule has 2 rings (SSSR count). The molecule has 0 fully saturated rings. The molecule has 0 saturated heterocycles. The summed E-state index contributed by atoms with van der Waals surface area (Å²) in [6.45, 7) is 2.09. The third-order valence-electron chi connectivity index (χ3n) is 2.36. The van der Waals surface area contributed by atoms with E-state index in [1.54, 1.807) is 18.4 Å². The fraction of sp³-hybridized carbons (Fsp3) is 0.250. The fourth-order valence-electron chi connectivity index (χ4n) is 1.51. The molecular weight excluding hydrogens is 300 g/mol. The lowest BCUT2D eigenvalue weighted by Crippen LogP contribution is -2.06. The minimum absolute atomic E-state index is 0.195. The van der Waals surface area contributed by atoms with Crippen molar-refractivity contribution in [1.29, 1.82) is 0 Å². The van der Waals surface area contributed by atoms with Gasteiger partial charge in [-0.3, -0.25) is 0 Å². The lowest BCUT2D eigenvalue weighted by molar-refractivity contribution is 0.412. The van der Waals surface area contributed by atoms with Gasteiger partial charge in [0.2, 0.25) is 0 Å². The number of ether oxygens (including phenoxy) is 1. The van der Waals surface area contributed by atoms with Crippen LogP contribution in [-0.2, 0) is 0 Å². The van der Waals surface area contributed by atoms with E-state index in [0.29, 0.717) is 0 Å². The number of hydrogen-bond donors (Lipinski definition) is 1. The predicted octanol–water partition coefficient (Wildman–Crippen LogP) is 4.09. The van der Waals surface area contributed by atoms with Gasteiger partial charge in [-0.25, -0.2) is 4.98 Å². The van der Waals surface area contributed by atoms with Gasteiger partial charge in [0, 0.05) is 23.3 Å². The van der Waals surface area contributed by atoms with Crippen molar-refractivity contribution in [3.63, 3.8) is 0 Å². The molecular formula is C12H13BrN2OS. The number of halogens is 1. The standard InChI is InChI=1S/C12H13BrN2OS/c1-8(12-14-5-6-17-12)15-9-3-4-10(13)11(7-9)16-2/h3-8,15H,1-2H3. The first-order valence-corrected chi connectivity index (χ1v) is 6.87. The minimum atomic E-state index is 0.195. The molecule has 2 aromatic rings. The van der Waals surface area contributed by atoms with Gasteiger partial charge in [0.15, 0.2) is 0 Å². The Kier molecular flexibility index (Phi) is 4.02. The van der Waals surface area contributed by atoms with Crippen molar-refractivity contribution < 1.29 is 4.74 Å². The van der Waals surface area contributed by atoms with Gasteiger partial charge in [-0.1, -0.05) is 0 Å². The summed E-state index contributed by atoms with van der Waals surface area (Å²) in [6, 6.07) is 6.14. The molecule has 1 atom stereocenters. The molecule has 0 aliphatic rings. The van der Waals surface area contributed by atoms with Gasteiger partial charge in [-0.15, -0.1) is 11.3 Å². The van der Waals surface area contributed by atoms with Crippen LogP contribution < -0.4 is 10.1 Å². The monoisotopic (exact) mass is 312 g/mol. The van der Waals surface area contributed by atoms with E-state index in [-0.39, 0.29) is 6.04 Å². The SMILES string of the molecule is COc1cc(NC(C)c2nccs2)ccc1Br. The third kappa shape index (κ3) is 2.98. The van der Waals surface area contributed by atoms with Gasteiger partial charge < -0.3 is 10.1 Å². The summed E-state index contributed by atoms with van der Waals surface area (Å²) in [5.74, 6) is 0.821. The summed E-state index contributed by atoms with van der Waals surface area (Å²) in [4.78, 5) is 4.29. The zero-order valence-electron chi connectivity index (χ0n) is 9.61. The molecule has 0 radical (unpaired) electrons. The first kappa shape index (κ1) is 12.4. The molecule has 0 bridgehead atoms. The Hall–Kier alpha value is -1.07. The Bertz CT molecular complexity index is 487. The van der Waals surface area contributed by atoms with Crippen LogP contribution in [0, 0.1) is 0 Å². The maximum absolute atomic E-state index is 5.26. The molecule has 5 heteroatoms. The summed E-state index contributed by atoms with van der Waals surface area (Å²) in [5, 5.41) is 6.45. The molecule has 0 saturated carbocycles. The summed E-state index contributed by atoms with van der Waals surface area (Å²) in [7, 11) is 1.66. The molecule has 3 nitrogen and oxygen atoms in total. The van der Waals surface area contributed by atoms with Gasteiger partial charge in [0.05, 0.1) is 17.6 Å². The summed E-state index contributed by atoms with van der Waals surface area (Å²) in [5.41, 5.74) is 1.02. The Morgan fingerprint density at radius 3 is 2.94 bits per heavy atom. The Balaban J connectivity index is 2.13. The zero-order valence-corrected chi connectivity index (χ0v) is 12.0. The summed E-state index contributed by atoms with van der Waals surface area (Å²) >= 11 is 5.08. The van der Waals surface area contributed by atoms with Gasteiger partial charge in [0.1, 0.15) is 10.8 Å². The highest BCUT2D eigenvalue weighted by Gasteiger charge is 2.09. The van der Waals surface area contributed by atoms with Gasteiger partial charge >= 0.3 is 0 Å². The maximum Gasteiger partial charge on any atom is 0.135 e. The second kappa shape index (κ2) is 5.51. The number of hydrogen-bond acceptors (Lipinski definition) is 4. The first-order valence-electron chi connectivity index (χ1n) is 5.20. The lowest BCUT2D eigenvalue weighted by atomic mass is 10.2. The summed E-state index contributed by atoms with van der Waals surface area (Å²) in [6.07, 6.45) is 1.82. The van der Waals surface area contributed by atoms with Crippen LogP contribution in [0.5, 0.6) is 5.75 Å². The number of aromatic nitrogens is 1. The van der Waals surface area contributed by atoms with Crippen molar-refractivity contribution in [2.45, 2.75) is 13.0 Å².